The van der Waals surface area contributed by atoms with Gasteiger partial charge in [0.1, 0.15) is 0 Å². The van der Waals surface area contributed by atoms with Crippen molar-refractivity contribution in [3.05, 3.63) is 60.2 Å². The number of benzene rings is 3. The second-order valence-electron chi connectivity index (χ2n) is 7.26. The van der Waals surface area contributed by atoms with Crippen LogP contribution in [0.5, 0.6) is 0 Å². The summed E-state index contributed by atoms with van der Waals surface area (Å²) in [6.07, 6.45) is -1.12. The number of aromatic nitrogens is 2. The smallest absolute Gasteiger partial charge is 0.419 e. The Morgan fingerprint density at radius 1 is 0.812 bits per heavy atom. The Kier molecular flexibility index (Phi) is 4.56. The van der Waals surface area contributed by atoms with E-state index in [9.17, 15) is 14.9 Å². The second-order valence-corrected chi connectivity index (χ2v) is 7.26. The zero-order chi connectivity index (χ0) is 22.4. The SMILES string of the molecule is CCOC(=O)n1c2ccccc2c2cc(C#N)c3c4ccccc4n(C(=O)OCC)c3c21. The first kappa shape index (κ1) is 19.6. The molecule has 5 rings (SSSR count). The van der Waals surface area contributed by atoms with E-state index >= 15 is 0 Å². The van der Waals surface area contributed by atoms with Gasteiger partial charge in [-0.1, -0.05) is 36.4 Å². The largest absolute Gasteiger partial charge is 0.449 e. The van der Waals surface area contributed by atoms with Crippen LogP contribution in [0, 0.1) is 11.3 Å². The summed E-state index contributed by atoms with van der Waals surface area (Å²) in [6.45, 7) is 3.87. The number of hydrogen-bond donors (Lipinski definition) is 0. The van der Waals surface area contributed by atoms with E-state index < -0.39 is 12.2 Å². The highest BCUT2D eigenvalue weighted by Gasteiger charge is 2.27. The predicted molar refractivity (Wildman–Crippen MR) is 122 cm³/mol. The molecule has 0 amide bonds. The van der Waals surface area contributed by atoms with Crippen LogP contribution in [0.4, 0.5) is 9.59 Å². The van der Waals surface area contributed by atoms with Crippen molar-refractivity contribution in [2.24, 2.45) is 0 Å². The summed E-state index contributed by atoms with van der Waals surface area (Å²) in [7, 11) is 0. The molecular weight excluding hydrogens is 406 g/mol. The van der Waals surface area contributed by atoms with Gasteiger partial charge < -0.3 is 9.47 Å². The molecule has 7 heteroatoms. The molecule has 0 aliphatic carbocycles. The zero-order valence-electron chi connectivity index (χ0n) is 17.6. The Morgan fingerprint density at radius 3 is 1.94 bits per heavy atom. The van der Waals surface area contributed by atoms with Crippen molar-refractivity contribution in [1.29, 1.82) is 5.26 Å². The van der Waals surface area contributed by atoms with Gasteiger partial charge in [-0.3, -0.25) is 0 Å². The van der Waals surface area contributed by atoms with E-state index in [1.54, 1.807) is 26.0 Å². The second kappa shape index (κ2) is 7.43. The van der Waals surface area contributed by atoms with Crippen molar-refractivity contribution in [2.45, 2.75) is 13.8 Å². The maximum absolute atomic E-state index is 13.1. The molecule has 0 saturated heterocycles. The van der Waals surface area contributed by atoms with Gasteiger partial charge in [-0.05, 0) is 32.0 Å². The average Bonchev–Trinajstić information content (AvgIpc) is 3.32. The first-order chi connectivity index (χ1) is 15.6. The normalized spacial score (nSPS) is 11.3. The van der Waals surface area contributed by atoms with Gasteiger partial charge in [-0.2, -0.15) is 5.26 Å². The number of ether oxygens (including phenoxy) is 2. The van der Waals surface area contributed by atoms with Gasteiger partial charge in [0.2, 0.25) is 0 Å². The van der Waals surface area contributed by atoms with Gasteiger partial charge in [0.15, 0.2) is 0 Å². The molecule has 2 heterocycles. The quantitative estimate of drug-likeness (QED) is 0.358. The van der Waals surface area contributed by atoms with Crippen LogP contribution in [-0.2, 0) is 9.47 Å². The van der Waals surface area contributed by atoms with Crippen molar-refractivity contribution in [2.75, 3.05) is 13.2 Å². The fourth-order valence-corrected chi connectivity index (χ4v) is 4.44. The molecule has 0 radical (unpaired) electrons. The van der Waals surface area contributed by atoms with E-state index in [2.05, 4.69) is 6.07 Å². The van der Waals surface area contributed by atoms with Crippen LogP contribution in [0.25, 0.3) is 43.6 Å². The number of nitrogens with zero attached hydrogens (tertiary/aromatic N) is 3. The highest BCUT2D eigenvalue weighted by atomic mass is 16.6. The molecular formula is C25H19N3O4. The standard InChI is InChI=1S/C25H19N3O4/c1-3-31-24(29)27-19-11-7-5-9-16(19)18-13-15(14-26)21-17-10-6-8-12-20(17)28(23(21)22(18)27)25(30)32-4-2/h5-13H,3-4H2,1-2H3. The number of carbonyl (C=O) groups excluding carboxylic acids is 2. The van der Waals surface area contributed by atoms with Crippen LogP contribution in [-0.4, -0.2) is 34.5 Å². The minimum Gasteiger partial charge on any atom is -0.449 e. The molecule has 5 aromatic rings. The number of para-hydroxylation sites is 2. The molecule has 7 nitrogen and oxygen atoms in total. The molecule has 2 aromatic heterocycles. The summed E-state index contributed by atoms with van der Waals surface area (Å²) < 4.78 is 13.7. The topological polar surface area (TPSA) is 86.2 Å². The summed E-state index contributed by atoms with van der Waals surface area (Å²) in [5.41, 5.74) is 2.60. The summed E-state index contributed by atoms with van der Waals surface area (Å²) >= 11 is 0. The molecule has 0 saturated carbocycles. The summed E-state index contributed by atoms with van der Waals surface area (Å²) in [5.74, 6) is 0. The molecule has 32 heavy (non-hydrogen) atoms. The van der Waals surface area contributed by atoms with Crippen LogP contribution in [0.3, 0.4) is 0 Å². The number of fused-ring (bicyclic) bond motifs is 7. The molecule has 0 unspecified atom stereocenters. The van der Waals surface area contributed by atoms with Gasteiger partial charge in [0.25, 0.3) is 0 Å². The minimum atomic E-state index is -0.573. The van der Waals surface area contributed by atoms with Crippen LogP contribution in [0.15, 0.2) is 54.6 Å². The third-order valence-electron chi connectivity index (χ3n) is 5.59. The Labute approximate surface area is 182 Å². The molecule has 0 N–H and O–H groups in total. The molecule has 0 bridgehead atoms. The highest BCUT2D eigenvalue weighted by molar-refractivity contribution is 6.27. The van der Waals surface area contributed by atoms with Crippen LogP contribution < -0.4 is 0 Å². The maximum Gasteiger partial charge on any atom is 0.419 e. The predicted octanol–water partition coefficient (Wildman–Crippen LogP) is 5.78. The molecule has 0 fully saturated rings. The van der Waals surface area contributed by atoms with E-state index in [0.717, 1.165) is 10.8 Å². The van der Waals surface area contributed by atoms with E-state index in [0.29, 0.717) is 38.4 Å². The monoisotopic (exact) mass is 425 g/mol. The summed E-state index contributed by atoms with van der Waals surface area (Å²) in [6, 6.07) is 18.8. The molecule has 0 spiro atoms. The summed E-state index contributed by atoms with van der Waals surface area (Å²) in [5, 5.41) is 12.8. The third-order valence-corrected chi connectivity index (χ3v) is 5.59. The van der Waals surface area contributed by atoms with Crippen molar-refractivity contribution in [3.63, 3.8) is 0 Å². The fraction of sp³-hybridized carbons (Fsp3) is 0.160. The van der Waals surface area contributed by atoms with E-state index in [4.69, 9.17) is 9.47 Å². The lowest BCUT2D eigenvalue weighted by Gasteiger charge is -2.10. The average molecular weight is 425 g/mol. The maximum atomic E-state index is 13.1. The van der Waals surface area contributed by atoms with Crippen molar-refractivity contribution < 1.29 is 19.1 Å². The Balaban J connectivity index is 2.13. The van der Waals surface area contributed by atoms with Crippen molar-refractivity contribution >= 4 is 55.8 Å². The molecule has 3 aromatic carbocycles. The minimum absolute atomic E-state index is 0.189. The van der Waals surface area contributed by atoms with E-state index in [-0.39, 0.29) is 13.2 Å². The van der Waals surface area contributed by atoms with Gasteiger partial charge in [-0.15, -0.1) is 0 Å². The van der Waals surface area contributed by atoms with Crippen molar-refractivity contribution in [3.8, 4) is 6.07 Å². The molecule has 0 atom stereocenters. The van der Waals surface area contributed by atoms with Crippen LogP contribution in [0.2, 0.25) is 0 Å². The third kappa shape index (κ3) is 2.59. The Hall–Kier alpha value is -4.31. The number of hydrogen-bond acceptors (Lipinski definition) is 5. The van der Waals surface area contributed by atoms with Gasteiger partial charge in [0.05, 0.1) is 46.9 Å². The van der Waals surface area contributed by atoms with Crippen LogP contribution >= 0.6 is 0 Å². The Morgan fingerprint density at radius 2 is 1.34 bits per heavy atom. The molecule has 0 aliphatic rings. The first-order valence-electron chi connectivity index (χ1n) is 10.4. The van der Waals surface area contributed by atoms with Crippen LogP contribution in [0.1, 0.15) is 19.4 Å². The number of rotatable bonds is 2. The number of carbonyl (C=O) groups is 2. The van der Waals surface area contributed by atoms with E-state index in [1.165, 1.54) is 9.13 Å². The van der Waals surface area contributed by atoms with Gasteiger partial charge >= 0.3 is 12.2 Å². The lowest BCUT2D eigenvalue weighted by atomic mass is 10.0. The summed E-state index contributed by atoms with van der Waals surface area (Å²) in [4.78, 5) is 26.2. The lowest BCUT2D eigenvalue weighted by molar-refractivity contribution is 0.154. The Bertz CT molecular complexity index is 1600. The van der Waals surface area contributed by atoms with E-state index in [1.807, 2.05) is 42.5 Å². The fourth-order valence-electron chi connectivity index (χ4n) is 4.44. The van der Waals surface area contributed by atoms with Gasteiger partial charge in [0, 0.05) is 21.5 Å². The highest BCUT2D eigenvalue weighted by Crippen LogP contribution is 2.40. The first-order valence-corrected chi connectivity index (χ1v) is 10.4. The number of nitriles is 1. The lowest BCUT2D eigenvalue weighted by Crippen LogP contribution is -2.16. The molecule has 158 valence electrons. The van der Waals surface area contributed by atoms with Gasteiger partial charge in [-0.25, -0.2) is 18.7 Å². The van der Waals surface area contributed by atoms with Crippen molar-refractivity contribution in [1.82, 2.24) is 9.13 Å². The zero-order valence-corrected chi connectivity index (χ0v) is 17.6. The molecule has 0 aliphatic heterocycles.